The van der Waals surface area contributed by atoms with Crippen LogP contribution >= 0.6 is 0 Å². The lowest BCUT2D eigenvalue weighted by Gasteiger charge is -2.55. The third-order valence-corrected chi connectivity index (χ3v) is 20.0. The Labute approximate surface area is 458 Å². The summed E-state index contributed by atoms with van der Waals surface area (Å²) in [6.07, 6.45) is 15.2. The van der Waals surface area contributed by atoms with E-state index in [0.717, 1.165) is 105 Å². The number of hydrogen-bond donors (Lipinski definition) is 2. The lowest BCUT2D eigenvalue weighted by Crippen LogP contribution is -2.51. The van der Waals surface area contributed by atoms with Gasteiger partial charge in [-0.05, 0) is 175 Å². The first-order valence-electron chi connectivity index (χ1n) is 29.1. The van der Waals surface area contributed by atoms with Crippen LogP contribution in [-0.2, 0) is 49.2 Å². The third-order valence-electron chi connectivity index (χ3n) is 20.0. The van der Waals surface area contributed by atoms with Gasteiger partial charge in [0.25, 0.3) is 5.56 Å². The molecule has 11 rings (SSSR count). The first-order valence-corrected chi connectivity index (χ1v) is 29.1. The highest BCUT2D eigenvalue weighted by Crippen LogP contribution is 2.70. The van der Waals surface area contributed by atoms with E-state index < -0.39 is 28.4 Å². The van der Waals surface area contributed by atoms with Gasteiger partial charge in [-0.2, -0.15) is 0 Å². The number of carbonyl (C=O) groups excluding carboxylic acids is 3. The second kappa shape index (κ2) is 21.3. The van der Waals surface area contributed by atoms with Crippen LogP contribution in [0.3, 0.4) is 0 Å². The average Bonchev–Trinajstić information content (AvgIpc) is 3.47. The van der Waals surface area contributed by atoms with Crippen LogP contribution < -0.4 is 15.2 Å². The van der Waals surface area contributed by atoms with Gasteiger partial charge in [0.15, 0.2) is 11.4 Å². The number of ketones is 2. The molecule has 4 aromatic rings. The Hall–Kier alpha value is -5.96. The molecule has 0 amide bonds. The second-order valence-electron chi connectivity index (χ2n) is 24.6. The number of aliphatic carboxylic acids is 1. The molecule has 78 heavy (non-hydrogen) atoms. The largest absolute Gasteiger partial charge is 0.490 e. The van der Waals surface area contributed by atoms with E-state index >= 15 is 0 Å². The molecule has 4 aliphatic carbocycles. The van der Waals surface area contributed by atoms with Crippen LogP contribution in [0.2, 0.25) is 0 Å². The predicted octanol–water partition coefficient (Wildman–Crippen LogP) is 10.0. The van der Waals surface area contributed by atoms with Crippen molar-refractivity contribution in [3.05, 3.63) is 109 Å². The molecule has 1 saturated heterocycles. The van der Waals surface area contributed by atoms with Crippen LogP contribution in [-0.4, -0.2) is 106 Å². The van der Waals surface area contributed by atoms with Crippen LogP contribution in [0.1, 0.15) is 157 Å². The molecule has 2 aromatic carbocycles. The van der Waals surface area contributed by atoms with E-state index in [9.17, 15) is 34.2 Å². The molecule has 2 unspecified atom stereocenters. The molecular formula is C64H79N5O9. The van der Waals surface area contributed by atoms with Crippen LogP contribution in [0.5, 0.6) is 5.75 Å². The fourth-order valence-corrected chi connectivity index (χ4v) is 15.7. The zero-order valence-corrected chi connectivity index (χ0v) is 46.8. The number of fused-ring (bicyclic) bond motifs is 9. The molecule has 0 spiro atoms. The normalized spacial score (nSPS) is 26.7. The van der Waals surface area contributed by atoms with Gasteiger partial charge < -0.3 is 39.0 Å². The summed E-state index contributed by atoms with van der Waals surface area (Å²) in [6, 6.07) is 17.0. The minimum absolute atomic E-state index is 0.0162. The van der Waals surface area contributed by atoms with Crippen molar-refractivity contribution in [2.75, 3.05) is 52.2 Å². The van der Waals surface area contributed by atoms with E-state index in [1.807, 2.05) is 18.2 Å². The topological polar surface area (TPSA) is 172 Å². The Morgan fingerprint density at radius 1 is 0.923 bits per heavy atom. The van der Waals surface area contributed by atoms with Gasteiger partial charge in [0.2, 0.25) is 0 Å². The van der Waals surface area contributed by atoms with Gasteiger partial charge in [-0.25, -0.2) is 9.78 Å². The number of rotatable bonds is 18. The van der Waals surface area contributed by atoms with Crippen molar-refractivity contribution in [1.29, 1.82) is 0 Å². The molecule has 2 saturated carbocycles. The van der Waals surface area contributed by atoms with Gasteiger partial charge in [0, 0.05) is 78.7 Å². The highest BCUT2D eigenvalue weighted by Gasteiger charge is 2.65. The minimum atomic E-state index is -1.87. The van der Waals surface area contributed by atoms with Crippen LogP contribution in [0, 0.1) is 22.7 Å². The Kier molecular flexibility index (Phi) is 14.7. The summed E-state index contributed by atoms with van der Waals surface area (Å²) in [7, 11) is 6.28. The molecule has 414 valence electrons. The van der Waals surface area contributed by atoms with Crippen molar-refractivity contribution in [3.63, 3.8) is 0 Å². The van der Waals surface area contributed by atoms with Crippen molar-refractivity contribution < 1.29 is 38.9 Å². The predicted molar refractivity (Wildman–Crippen MR) is 300 cm³/mol. The van der Waals surface area contributed by atoms with Gasteiger partial charge in [0.1, 0.15) is 24.2 Å². The minimum Gasteiger partial charge on any atom is -0.490 e. The molecule has 14 nitrogen and oxygen atoms in total. The molecule has 0 bridgehead atoms. The summed E-state index contributed by atoms with van der Waals surface area (Å²) < 4.78 is 13.8. The number of esters is 1. The molecule has 2 N–H and O–H groups in total. The molecule has 5 heterocycles. The number of nitrogens with zero attached hydrogens (tertiary/aromatic N) is 5. The van der Waals surface area contributed by atoms with Crippen LogP contribution in [0.4, 0.5) is 5.69 Å². The number of hydrogen-bond acceptors (Lipinski definition) is 12. The molecule has 3 fully saturated rings. The van der Waals surface area contributed by atoms with E-state index in [2.05, 4.69) is 73.1 Å². The molecule has 2 aromatic heterocycles. The number of benzene rings is 2. The van der Waals surface area contributed by atoms with E-state index in [1.54, 1.807) is 24.5 Å². The highest BCUT2D eigenvalue weighted by atomic mass is 16.6. The van der Waals surface area contributed by atoms with Gasteiger partial charge in [-0.15, -0.1) is 0 Å². The SMILES string of the molecule is CC[C@@]1(O)C(=O)OCc2c1cc1n(c2=O)Cc2cc3c(CN(C)C)c(OC4CCN(CCCCCCCN(C)c5ccc([C@H]6C[C@@]7(C)C(CC[C@]7(CC(=O)O)C(C)=O)C7CCC8=CC(=O)CCC8=C76)cc5)CC4)ccc3nc2-1. The lowest BCUT2D eigenvalue weighted by molar-refractivity contribution is -0.172. The van der Waals surface area contributed by atoms with Crippen molar-refractivity contribution in [1.82, 2.24) is 19.4 Å². The molecule has 3 aliphatic heterocycles. The number of carboxylic acids is 1. The smallest absolute Gasteiger partial charge is 0.343 e. The number of piperidine rings is 1. The summed E-state index contributed by atoms with van der Waals surface area (Å²) >= 11 is 0. The molecule has 0 radical (unpaired) electrons. The maximum atomic E-state index is 13.8. The van der Waals surface area contributed by atoms with Gasteiger partial charge in [0.05, 0.1) is 35.4 Å². The first-order chi connectivity index (χ1) is 37.4. The summed E-state index contributed by atoms with van der Waals surface area (Å²) in [5.74, 6) is 0.0950. The average molecular weight is 1060 g/mol. The standard InChI is InChI=1S/C64H79N5O9/c1-7-64(76)53-33-55-59-42(36-69(55)60(74)51(53)38-77-61(64)75)32-48-50(37-66(4)5)56(22-21-54(48)65-59)78-45-24-29-68(30-25-45)28-12-10-8-9-11-27-67(6)43-16-13-40(14-17-43)49-34-62(3)52(23-26-63(62,39(2)70)35-57(72)73)47-19-15-41-31-44(71)18-20-46(41)58(47)49/h13-14,16-17,21-22,31-33,45,47,49,52,76H,7-12,15,18-20,23-30,34-38H2,1-6H3,(H,72,73)/t47?,49-,52?,62+,63+,64+/m1/s1. The summed E-state index contributed by atoms with van der Waals surface area (Å²) in [4.78, 5) is 77.3. The summed E-state index contributed by atoms with van der Waals surface area (Å²) in [5.41, 5.74) is 7.71. The number of aliphatic hydroxyl groups is 1. The first kappa shape index (κ1) is 54.0. The van der Waals surface area contributed by atoms with Crippen LogP contribution in [0.15, 0.2) is 76.1 Å². The number of pyridine rings is 2. The Bertz CT molecular complexity index is 3190. The zero-order valence-electron chi connectivity index (χ0n) is 46.8. The Balaban J connectivity index is 0.665. The monoisotopic (exact) mass is 1060 g/mol. The zero-order chi connectivity index (χ0) is 54.8. The number of carbonyl (C=O) groups is 4. The molecule has 14 heteroatoms. The fraction of sp³-hybridized carbons (Fsp3) is 0.562. The van der Waals surface area contributed by atoms with E-state index in [1.165, 1.54) is 53.7 Å². The number of ether oxygens (including phenoxy) is 2. The number of likely N-dealkylation sites (tertiary alicyclic amines) is 1. The van der Waals surface area contributed by atoms with Crippen molar-refractivity contribution in [2.24, 2.45) is 22.7 Å². The van der Waals surface area contributed by atoms with Crippen molar-refractivity contribution in [3.8, 4) is 17.1 Å². The summed E-state index contributed by atoms with van der Waals surface area (Å²) in [6.45, 7) is 10.5. The third kappa shape index (κ3) is 9.44. The molecule has 7 aliphatic rings. The highest BCUT2D eigenvalue weighted by molar-refractivity contribution is 5.93. The Morgan fingerprint density at radius 3 is 2.41 bits per heavy atom. The Morgan fingerprint density at radius 2 is 1.68 bits per heavy atom. The maximum Gasteiger partial charge on any atom is 0.343 e. The quantitative estimate of drug-likeness (QED) is 0.0628. The number of Topliss-reactive ketones (excluding diaryl/α,β-unsaturated/α-hetero) is 1. The molecular weight excluding hydrogens is 983 g/mol. The second-order valence-corrected chi connectivity index (χ2v) is 24.6. The number of unbranched alkanes of at least 4 members (excludes halogenated alkanes) is 4. The number of carboxylic acid groups (broad SMARTS) is 1. The van der Waals surface area contributed by atoms with E-state index in [4.69, 9.17) is 14.5 Å². The van der Waals surface area contributed by atoms with Gasteiger partial charge >= 0.3 is 11.9 Å². The number of allylic oxidation sites excluding steroid dienone is 4. The number of cyclic esters (lactones) is 1. The van der Waals surface area contributed by atoms with E-state index in [0.29, 0.717) is 48.4 Å². The van der Waals surface area contributed by atoms with Crippen molar-refractivity contribution >= 4 is 40.1 Å². The fourth-order valence-electron chi connectivity index (χ4n) is 15.7. The lowest BCUT2D eigenvalue weighted by atomic mass is 9.47. The maximum absolute atomic E-state index is 13.8. The number of aromatic nitrogens is 2. The van der Waals surface area contributed by atoms with Crippen LogP contribution in [0.25, 0.3) is 22.3 Å². The summed E-state index contributed by atoms with van der Waals surface area (Å²) in [5, 5.41) is 22.5. The van der Waals surface area contributed by atoms with Gasteiger partial charge in [-0.3, -0.25) is 19.2 Å². The van der Waals surface area contributed by atoms with Crippen molar-refractivity contribution in [2.45, 2.75) is 161 Å². The molecule has 6 atom stereocenters. The van der Waals surface area contributed by atoms with Gasteiger partial charge in [-0.1, -0.05) is 50.8 Å². The van der Waals surface area contributed by atoms with E-state index in [-0.39, 0.29) is 60.4 Å². The number of anilines is 1.